The minimum absolute atomic E-state index is 0.430. The molecule has 2 heterocycles. The van der Waals surface area contributed by atoms with Crippen LogP contribution >= 0.6 is 0 Å². The van der Waals surface area contributed by atoms with Gasteiger partial charge in [0.25, 0.3) is 0 Å². The number of nitrogens with zero attached hydrogens (tertiary/aromatic N) is 3. The molecule has 96 valence electrons. The fraction of sp³-hybridized carbons (Fsp3) is 0.154. The average Bonchev–Trinajstić information content (AvgIpc) is 2.84. The summed E-state index contributed by atoms with van der Waals surface area (Å²) in [6, 6.07) is 10.1. The van der Waals surface area contributed by atoms with Gasteiger partial charge in [-0.2, -0.15) is 0 Å². The van der Waals surface area contributed by atoms with Gasteiger partial charge in [0.2, 0.25) is 0 Å². The second-order valence-corrected chi connectivity index (χ2v) is 4.18. The van der Waals surface area contributed by atoms with Gasteiger partial charge >= 0.3 is 0 Å². The zero-order chi connectivity index (χ0) is 13.1. The maximum Gasteiger partial charge on any atom is 0.183 e. The number of hydrogen-bond donors (Lipinski definition) is 3. The van der Waals surface area contributed by atoms with Crippen LogP contribution in [0.15, 0.2) is 36.7 Å². The molecule has 0 amide bonds. The predicted octanol–water partition coefficient (Wildman–Crippen LogP) is 1.59. The predicted molar refractivity (Wildman–Crippen MR) is 74.7 cm³/mol. The molecule has 0 spiro atoms. The van der Waals surface area contributed by atoms with Gasteiger partial charge in [0, 0.05) is 18.7 Å². The molecule has 0 bridgehead atoms. The van der Waals surface area contributed by atoms with E-state index in [1.165, 1.54) is 6.33 Å². The lowest BCUT2D eigenvalue weighted by atomic mass is 10.3. The topological polar surface area (TPSA) is 92.5 Å². The molecule has 3 rings (SSSR count). The molecule has 6 nitrogen and oxygen atoms in total. The smallest absolute Gasteiger partial charge is 0.183 e. The van der Waals surface area contributed by atoms with E-state index in [0.717, 1.165) is 24.5 Å². The Morgan fingerprint density at radius 1 is 1.16 bits per heavy atom. The number of rotatable bonds is 4. The first-order valence-corrected chi connectivity index (χ1v) is 6.07. The SMILES string of the molecule is Nc1ncnc2nc(CCNc3ccccc3)[nH]c12. The first-order chi connectivity index (χ1) is 9.33. The number of imidazole rings is 1. The Morgan fingerprint density at radius 3 is 2.79 bits per heavy atom. The van der Waals surface area contributed by atoms with Crippen molar-refractivity contribution in [2.75, 3.05) is 17.6 Å². The fourth-order valence-corrected chi connectivity index (χ4v) is 1.89. The quantitative estimate of drug-likeness (QED) is 0.657. The van der Waals surface area contributed by atoms with E-state index in [4.69, 9.17) is 5.73 Å². The van der Waals surface area contributed by atoms with Gasteiger partial charge in [-0.05, 0) is 12.1 Å². The van der Waals surface area contributed by atoms with Crippen LogP contribution < -0.4 is 11.1 Å². The summed E-state index contributed by atoms with van der Waals surface area (Å²) in [5, 5.41) is 3.32. The van der Waals surface area contributed by atoms with E-state index < -0.39 is 0 Å². The lowest BCUT2D eigenvalue weighted by molar-refractivity contribution is 0.933. The Morgan fingerprint density at radius 2 is 2.00 bits per heavy atom. The molecule has 0 aliphatic heterocycles. The number of nitrogens with two attached hydrogens (primary N) is 1. The second-order valence-electron chi connectivity index (χ2n) is 4.18. The molecule has 1 aromatic carbocycles. The van der Waals surface area contributed by atoms with Crippen LogP contribution in [-0.4, -0.2) is 26.5 Å². The van der Waals surface area contributed by atoms with Crippen molar-refractivity contribution in [1.29, 1.82) is 0 Å². The number of para-hydroxylation sites is 1. The Balaban J connectivity index is 1.67. The van der Waals surface area contributed by atoms with Gasteiger partial charge in [-0.1, -0.05) is 18.2 Å². The average molecular weight is 254 g/mol. The third-order valence-corrected chi connectivity index (χ3v) is 2.83. The van der Waals surface area contributed by atoms with Gasteiger partial charge in [-0.15, -0.1) is 0 Å². The third kappa shape index (κ3) is 2.47. The van der Waals surface area contributed by atoms with Gasteiger partial charge in [-0.25, -0.2) is 15.0 Å². The van der Waals surface area contributed by atoms with Gasteiger partial charge in [0.05, 0.1) is 0 Å². The van der Waals surface area contributed by atoms with Crippen molar-refractivity contribution in [1.82, 2.24) is 19.9 Å². The number of fused-ring (bicyclic) bond motifs is 1. The van der Waals surface area contributed by atoms with E-state index in [-0.39, 0.29) is 0 Å². The minimum Gasteiger partial charge on any atom is -0.385 e. The Kier molecular flexibility index (Phi) is 2.97. The normalized spacial score (nSPS) is 10.7. The summed E-state index contributed by atoms with van der Waals surface area (Å²) in [5.74, 6) is 1.28. The van der Waals surface area contributed by atoms with Gasteiger partial charge in [0.15, 0.2) is 11.5 Å². The first kappa shape index (κ1) is 11.5. The lowest BCUT2D eigenvalue weighted by Crippen LogP contribution is -2.05. The summed E-state index contributed by atoms with van der Waals surface area (Å²) >= 11 is 0. The largest absolute Gasteiger partial charge is 0.385 e. The van der Waals surface area contributed by atoms with E-state index in [0.29, 0.717) is 17.0 Å². The minimum atomic E-state index is 0.430. The third-order valence-electron chi connectivity index (χ3n) is 2.83. The molecule has 0 aliphatic rings. The molecule has 4 N–H and O–H groups in total. The van der Waals surface area contributed by atoms with Crippen LogP contribution in [0.2, 0.25) is 0 Å². The summed E-state index contributed by atoms with van der Waals surface area (Å²) < 4.78 is 0. The number of hydrogen-bond acceptors (Lipinski definition) is 5. The maximum absolute atomic E-state index is 5.75. The Bertz CT molecular complexity index is 676. The standard InChI is InChI=1S/C13H14N6/c14-12-11-13(17-8-16-12)19-10(18-11)6-7-15-9-4-2-1-3-5-9/h1-5,8,15H,6-7H2,(H3,14,16,17,18,19). The molecule has 0 atom stereocenters. The van der Waals surface area contributed by atoms with Crippen LogP contribution in [-0.2, 0) is 6.42 Å². The molecular formula is C13H14N6. The highest BCUT2D eigenvalue weighted by Gasteiger charge is 2.06. The van der Waals surface area contributed by atoms with Crippen molar-refractivity contribution < 1.29 is 0 Å². The number of anilines is 2. The summed E-state index contributed by atoms with van der Waals surface area (Å²) in [6.07, 6.45) is 2.19. The number of nitrogens with one attached hydrogen (secondary N) is 2. The molecule has 19 heavy (non-hydrogen) atoms. The second kappa shape index (κ2) is 4.93. The summed E-state index contributed by atoms with van der Waals surface area (Å²) in [7, 11) is 0. The van der Waals surface area contributed by atoms with E-state index in [1.807, 2.05) is 30.3 Å². The molecule has 0 saturated carbocycles. The van der Waals surface area contributed by atoms with Crippen molar-refractivity contribution in [2.45, 2.75) is 6.42 Å². The monoisotopic (exact) mass is 254 g/mol. The van der Waals surface area contributed by atoms with E-state index in [2.05, 4.69) is 25.3 Å². The van der Waals surface area contributed by atoms with Crippen molar-refractivity contribution in [2.24, 2.45) is 0 Å². The summed E-state index contributed by atoms with van der Waals surface area (Å²) in [4.78, 5) is 15.5. The highest BCUT2D eigenvalue weighted by molar-refractivity contribution is 5.80. The van der Waals surface area contributed by atoms with Crippen molar-refractivity contribution in [3.8, 4) is 0 Å². The zero-order valence-corrected chi connectivity index (χ0v) is 10.3. The number of aromatic nitrogens is 4. The summed E-state index contributed by atoms with van der Waals surface area (Å²) in [5.41, 5.74) is 8.17. The van der Waals surface area contributed by atoms with Crippen molar-refractivity contribution in [3.05, 3.63) is 42.5 Å². The van der Waals surface area contributed by atoms with Crippen molar-refractivity contribution in [3.63, 3.8) is 0 Å². The van der Waals surface area contributed by atoms with Crippen LogP contribution in [0.25, 0.3) is 11.2 Å². The molecule has 2 aromatic heterocycles. The molecular weight excluding hydrogens is 240 g/mol. The van der Waals surface area contributed by atoms with E-state index in [1.54, 1.807) is 0 Å². The fourth-order valence-electron chi connectivity index (χ4n) is 1.89. The van der Waals surface area contributed by atoms with E-state index >= 15 is 0 Å². The number of benzene rings is 1. The number of nitrogen functional groups attached to an aromatic ring is 1. The zero-order valence-electron chi connectivity index (χ0n) is 10.3. The van der Waals surface area contributed by atoms with Crippen LogP contribution in [0.3, 0.4) is 0 Å². The molecule has 0 fully saturated rings. The highest BCUT2D eigenvalue weighted by atomic mass is 15.0. The van der Waals surface area contributed by atoms with Crippen LogP contribution in [0.4, 0.5) is 11.5 Å². The summed E-state index contributed by atoms with van der Waals surface area (Å²) in [6.45, 7) is 0.789. The van der Waals surface area contributed by atoms with E-state index in [9.17, 15) is 0 Å². The molecule has 3 aromatic rings. The molecule has 0 saturated heterocycles. The Hall–Kier alpha value is -2.63. The van der Waals surface area contributed by atoms with Gasteiger partial charge < -0.3 is 16.0 Å². The van der Waals surface area contributed by atoms with Crippen LogP contribution in [0, 0.1) is 0 Å². The molecule has 0 unspecified atom stereocenters. The first-order valence-electron chi connectivity index (χ1n) is 6.07. The molecule has 0 aliphatic carbocycles. The van der Waals surface area contributed by atoms with Gasteiger partial charge in [0.1, 0.15) is 17.7 Å². The molecule has 0 radical (unpaired) electrons. The molecule has 6 heteroatoms. The highest BCUT2D eigenvalue weighted by Crippen LogP contribution is 2.13. The Labute approximate surface area is 110 Å². The number of aromatic amines is 1. The van der Waals surface area contributed by atoms with Crippen molar-refractivity contribution >= 4 is 22.7 Å². The maximum atomic E-state index is 5.75. The number of H-pyrrole nitrogens is 1. The van der Waals surface area contributed by atoms with Crippen LogP contribution in [0.1, 0.15) is 5.82 Å². The lowest BCUT2D eigenvalue weighted by Gasteiger charge is -2.03. The van der Waals surface area contributed by atoms with Crippen LogP contribution in [0.5, 0.6) is 0 Å². The van der Waals surface area contributed by atoms with Gasteiger partial charge in [-0.3, -0.25) is 0 Å².